The predicted octanol–water partition coefficient (Wildman–Crippen LogP) is 5.45. The van der Waals surface area contributed by atoms with E-state index in [9.17, 15) is 28.0 Å². The van der Waals surface area contributed by atoms with Gasteiger partial charge in [-0.2, -0.15) is 23.5 Å². The standard InChI is InChI=1S/C29H32F3N7O2/c1-18-22(16-36-39(18)24-9-6-19(14-35-24)29(30,31)32)25(40)37-20-7-8-23(34-15-20)28(17-33)12-10-21(11-13-28)38(5)26(41)27(2,3)4/h6-9,14-16,21H,10-13H2,1-5H3,(H,37,40)/t21-,28+. The van der Waals surface area contributed by atoms with Crippen molar-refractivity contribution < 1.29 is 22.8 Å². The number of aromatic nitrogens is 4. The number of nitriles is 1. The van der Waals surface area contributed by atoms with E-state index in [1.807, 2.05) is 27.8 Å². The molecule has 0 radical (unpaired) electrons. The molecular weight excluding hydrogens is 535 g/mol. The maximum absolute atomic E-state index is 13.0. The molecule has 216 valence electrons. The summed E-state index contributed by atoms with van der Waals surface area (Å²) >= 11 is 0. The third kappa shape index (κ3) is 6.09. The van der Waals surface area contributed by atoms with Crippen molar-refractivity contribution in [2.75, 3.05) is 12.4 Å². The van der Waals surface area contributed by atoms with Crippen molar-refractivity contribution in [1.82, 2.24) is 24.6 Å². The Kier molecular flexibility index (Phi) is 7.94. The first kappa shape index (κ1) is 29.7. The fourth-order valence-corrected chi connectivity index (χ4v) is 5.09. The van der Waals surface area contributed by atoms with Gasteiger partial charge in [0.05, 0.1) is 52.1 Å². The van der Waals surface area contributed by atoms with E-state index >= 15 is 0 Å². The number of amides is 2. The highest BCUT2D eigenvalue weighted by atomic mass is 19.4. The van der Waals surface area contributed by atoms with Crippen LogP contribution in [0, 0.1) is 23.7 Å². The molecule has 1 aliphatic carbocycles. The zero-order valence-electron chi connectivity index (χ0n) is 23.6. The molecule has 0 aliphatic heterocycles. The van der Waals surface area contributed by atoms with Crippen molar-refractivity contribution >= 4 is 17.5 Å². The van der Waals surface area contributed by atoms with Gasteiger partial charge >= 0.3 is 6.18 Å². The SMILES string of the molecule is Cc1c(C(=O)Nc2ccc([C@]3(C#N)CC[C@H](N(C)C(=O)C(C)(C)C)CC3)nc2)cnn1-c1ccc(C(F)(F)F)cn1. The van der Waals surface area contributed by atoms with Gasteiger partial charge in [0.25, 0.3) is 5.91 Å². The fourth-order valence-electron chi connectivity index (χ4n) is 5.09. The van der Waals surface area contributed by atoms with Crippen LogP contribution in [-0.2, 0) is 16.4 Å². The molecule has 3 heterocycles. The predicted molar refractivity (Wildman–Crippen MR) is 145 cm³/mol. The van der Waals surface area contributed by atoms with Gasteiger partial charge in [-0.3, -0.25) is 14.6 Å². The number of nitrogens with zero attached hydrogens (tertiary/aromatic N) is 6. The summed E-state index contributed by atoms with van der Waals surface area (Å²) in [7, 11) is 1.82. The summed E-state index contributed by atoms with van der Waals surface area (Å²) in [6, 6.07) is 8.00. The molecule has 1 aliphatic rings. The smallest absolute Gasteiger partial charge is 0.342 e. The molecule has 0 aromatic carbocycles. The Bertz CT molecular complexity index is 1460. The molecule has 0 spiro atoms. The minimum atomic E-state index is -4.51. The molecule has 0 atom stereocenters. The van der Waals surface area contributed by atoms with Crippen LogP contribution < -0.4 is 5.32 Å². The summed E-state index contributed by atoms with van der Waals surface area (Å²) < 4.78 is 39.8. The molecule has 1 fully saturated rings. The Hall–Kier alpha value is -4.27. The zero-order valence-corrected chi connectivity index (χ0v) is 23.6. The van der Waals surface area contributed by atoms with E-state index in [0.717, 1.165) is 6.07 Å². The van der Waals surface area contributed by atoms with Crippen molar-refractivity contribution in [1.29, 1.82) is 5.26 Å². The highest BCUT2D eigenvalue weighted by Gasteiger charge is 2.41. The lowest BCUT2D eigenvalue weighted by Crippen LogP contribution is -2.46. The summed E-state index contributed by atoms with van der Waals surface area (Å²) in [4.78, 5) is 35.8. The van der Waals surface area contributed by atoms with Gasteiger partial charge in [-0.15, -0.1) is 0 Å². The van der Waals surface area contributed by atoms with Crippen LogP contribution in [0.2, 0.25) is 0 Å². The molecule has 0 bridgehead atoms. The van der Waals surface area contributed by atoms with Gasteiger partial charge in [-0.25, -0.2) is 9.67 Å². The van der Waals surface area contributed by atoms with Crippen molar-refractivity contribution in [3.63, 3.8) is 0 Å². The molecule has 9 nitrogen and oxygen atoms in total. The third-order valence-corrected chi connectivity index (χ3v) is 7.59. The number of hydrogen-bond donors (Lipinski definition) is 1. The highest BCUT2D eigenvalue weighted by molar-refractivity contribution is 6.04. The fraction of sp³-hybridized carbons (Fsp3) is 0.448. The quantitative estimate of drug-likeness (QED) is 0.438. The largest absolute Gasteiger partial charge is 0.417 e. The first-order valence-electron chi connectivity index (χ1n) is 13.2. The van der Waals surface area contributed by atoms with Gasteiger partial charge in [0.1, 0.15) is 0 Å². The summed E-state index contributed by atoms with van der Waals surface area (Å²) in [5.41, 5.74) is -0.497. The van der Waals surface area contributed by atoms with Crippen LogP contribution in [0.1, 0.15) is 73.8 Å². The third-order valence-electron chi connectivity index (χ3n) is 7.59. The van der Waals surface area contributed by atoms with Gasteiger partial charge in [-0.1, -0.05) is 20.8 Å². The molecule has 12 heteroatoms. The molecule has 4 rings (SSSR count). The molecule has 1 saturated carbocycles. The Morgan fingerprint density at radius 1 is 1.07 bits per heavy atom. The Labute approximate surface area is 236 Å². The average Bonchev–Trinajstić information content (AvgIpc) is 3.33. The van der Waals surface area contributed by atoms with E-state index in [0.29, 0.717) is 49.0 Å². The van der Waals surface area contributed by atoms with Gasteiger partial charge in [0, 0.05) is 24.7 Å². The number of hydrogen-bond acceptors (Lipinski definition) is 6. The number of nitrogens with one attached hydrogen (secondary N) is 1. The number of pyridine rings is 2. The van der Waals surface area contributed by atoms with E-state index in [1.165, 1.54) is 23.1 Å². The minimum absolute atomic E-state index is 0.0590. The van der Waals surface area contributed by atoms with Crippen LogP contribution in [-0.4, -0.2) is 49.6 Å². The lowest BCUT2D eigenvalue weighted by atomic mass is 9.70. The first-order valence-corrected chi connectivity index (χ1v) is 13.2. The van der Waals surface area contributed by atoms with Crippen molar-refractivity contribution in [3.8, 4) is 11.9 Å². The number of carbonyl (C=O) groups is 2. The van der Waals surface area contributed by atoms with E-state index in [4.69, 9.17) is 0 Å². The van der Waals surface area contributed by atoms with Crippen LogP contribution in [0.4, 0.5) is 18.9 Å². The second kappa shape index (κ2) is 11.0. The number of carbonyl (C=O) groups excluding carboxylic acids is 2. The summed E-state index contributed by atoms with van der Waals surface area (Å²) in [6.45, 7) is 7.29. The maximum atomic E-state index is 13.0. The summed E-state index contributed by atoms with van der Waals surface area (Å²) in [5.74, 6) is -0.259. The van der Waals surface area contributed by atoms with Gasteiger partial charge in [-0.05, 0) is 56.9 Å². The lowest BCUT2D eigenvalue weighted by molar-refractivity contribution is -0.141. The summed E-state index contributed by atoms with van der Waals surface area (Å²) in [5, 5.41) is 17.0. The molecule has 0 unspecified atom stereocenters. The van der Waals surface area contributed by atoms with Crippen LogP contribution in [0.5, 0.6) is 0 Å². The number of rotatable bonds is 5. The van der Waals surface area contributed by atoms with Crippen LogP contribution >= 0.6 is 0 Å². The maximum Gasteiger partial charge on any atom is 0.417 e. The van der Waals surface area contributed by atoms with Gasteiger partial charge in [0.2, 0.25) is 5.91 Å². The van der Waals surface area contributed by atoms with Crippen molar-refractivity contribution in [3.05, 3.63) is 65.4 Å². The topological polar surface area (TPSA) is 117 Å². The Balaban J connectivity index is 1.43. The average molecular weight is 568 g/mol. The van der Waals surface area contributed by atoms with E-state index in [2.05, 4.69) is 26.5 Å². The van der Waals surface area contributed by atoms with Gasteiger partial charge in [0.15, 0.2) is 5.82 Å². The Morgan fingerprint density at radius 3 is 2.27 bits per heavy atom. The van der Waals surface area contributed by atoms with Gasteiger partial charge < -0.3 is 10.2 Å². The van der Waals surface area contributed by atoms with Crippen LogP contribution in [0.3, 0.4) is 0 Å². The molecule has 2 amide bonds. The first-order chi connectivity index (χ1) is 19.2. The molecular formula is C29H32F3N7O2. The highest BCUT2D eigenvalue weighted by Crippen LogP contribution is 2.40. The number of halogens is 3. The molecule has 3 aromatic heterocycles. The number of anilines is 1. The van der Waals surface area contributed by atoms with E-state index in [-0.39, 0.29) is 23.3 Å². The molecule has 0 saturated heterocycles. The normalized spacial score (nSPS) is 19.3. The molecule has 41 heavy (non-hydrogen) atoms. The lowest BCUT2D eigenvalue weighted by Gasteiger charge is -2.40. The van der Waals surface area contributed by atoms with Crippen LogP contribution in [0.25, 0.3) is 5.82 Å². The second-order valence-corrected chi connectivity index (χ2v) is 11.4. The van der Waals surface area contributed by atoms with E-state index in [1.54, 1.807) is 24.0 Å². The number of alkyl halides is 3. The minimum Gasteiger partial charge on any atom is -0.342 e. The van der Waals surface area contributed by atoms with Crippen molar-refractivity contribution in [2.45, 2.75) is 71.0 Å². The monoisotopic (exact) mass is 567 g/mol. The summed E-state index contributed by atoms with van der Waals surface area (Å²) in [6.07, 6.45) is 1.51. The zero-order chi connectivity index (χ0) is 30.2. The molecule has 3 aromatic rings. The van der Waals surface area contributed by atoms with E-state index < -0.39 is 28.5 Å². The Morgan fingerprint density at radius 2 is 1.76 bits per heavy atom. The van der Waals surface area contributed by atoms with Crippen LogP contribution in [0.15, 0.2) is 42.9 Å². The van der Waals surface area contributed by atoms with Crippen molar-refractivity contribution in [2.24, 2.45) is 5.41 Å². The second-order valence-electron chi connectivity index (χ2n) is 11.4. The molecule has 1 N–H and O–H groups in total.